The van der Waals surface area contributed by atoms with Gasteiger partial charge in [0.05, 0.1) is 22.3 Å². The molecule has 0 aliphatic carbocycles. The molecule has 5 atom stereocenters. The number of nitrogens with one attached hydrogen (secondary N) is 1. The second kappa shape index (κ2) is 17.2. The fraction of sp³-hybridized carbons (Fsp3) is 0.146. The maximum absolute atomic E-state index is 13.7. The van der Waals surface area contributed by atoms with Crippen molar-refractivity contribution in [2.45, 2.75) is 30.6 Å². The first-order valence-corrected chi connectivity index (χ1v) is 16.8. The van der Waals surface area contributed by atoms with Gasteiger partial charge in [0.15, 0.2) is 24.5 Å². The van der Waals surface area contributed by atoms with Gasteiger partial charge in [-0.1, -0.05) is 115 Å². The topological polar surface area (TPSA) is 126 Å². The Morgan fingerprint density at radius 1 is 0.481 bits per heavy atom. The number of benzene rings is 5. The molecule has 1 fully saturated rings. The molecule has 52 heavy (non-hydrogen) atoms. The molecule has 0 radical (unpaired) electrons. The van der Waals surface area contributed by atoms with Crippen LogP contribution in [-0.4, -0.2) is 66.1 Å². The van der Waals surface area contributed by atoms with Crippen molar-refractivity contribution >= 4 is 41.1 Å². The van der Waals surface area contributed by atoms with E-state index in [1.807, 2.05) is 6.07 Å². The fourth-order valence-corrected chi connectivity index (χ4v) is 5.74. The summed E-state index contributed by atoms with van der Waals surface area (Å²) in [6.07, 6.45) is -6.95. The van der Waals surface area contributed by atoms with Crippen LogP contribution in [0.25, 0.3) is 0 Å². The third-order valence-corrected chi connectivity index (χ3v) is 8.44. The minimum Gasteiger partial charge on any atom is -0.459 e. The van der Waals surface area contributed by atoms with Crippen LogP contribution in [0.1, 0.15) is 47.0 Å². The van der Waals surface area contributed by atoms with Crippen molar-refractivity contribution in [2.75, 3.05) is 6.61 Å². The van der Waals surface area contributed by atoms with Crippen LogP contribution in [0.3, 0.4) is 0 Å². The molecule has 5 aromatic rings. The van der Waals surface area contributed by atoms with E-state index in [1.165, 1.54) is 0 Å². The van der Waals surface area contributed by atoms with E-state index in [9.17, 15) is 19.2 Å². The number of rotatable bonds is 11. The van der Waals surface area contributed by atoms with Crippen LogP contribution in [0.2, 0.25) is 0 Å². The predicted octanol–water partition coefficient (Wildman–Crippen LogP) is 6.21. The number of hydrogen-bond acceptors (Lipinski definition) is 10. The van der Waals surface area contributed by atoms with Crippen LogP contribution in [0, 0.1) is 0 Å². The number of esters is 4. The fourth-order valence-electron chi connectivity index (χ4n) is 5.49. The minimum absolute atomic E-state index is 0.187. The first-order valence-electron chi connectivity index (χ1n) is 16.4. The molecule has 1 aliphatic rings. The minimum atomic E-state index is -1.50. The Bertz CT molecular complexity index is 1980. The summed E-state index contributed by atoms with van der Waals surface area (Å²) < 4.78 is 30.4. The molecule has 0 bridgehead atoms. The van der Waals surface area contributed by atoms with Gasteiger partial charge in [-0.25, -0.2) is 19.2 Å². The van der Waals surface area contributed by atoms with Crippen molar-refractivity contribution in [3.8, 4) is 0 Å². The molecule has 0 spiro atoms. The average molecular weight is 716 g/mol. The summed E-state index contributed by atoms with van der Waals surface area (Å²) in [5.41, 5.74) is 1.48. The molecule has 11 heteroatoms. The predicted molar refractivity (Wildman–Crippen MR) is 194 cm³/mol. The van der Waals surface area contributed by atoms with Crippen LogP contribution in [0.15, 0.2) is 152 Å². The highest BCUT2D eigenvalue weighted by atomic mass is 32.1. The third kappa shape index (κ3) is 8.94. The Kier molecular flexibility index (Phi) is 11.8. The lowest BCUT2D eigenvalue weighted by molar-refractivity contribution is -0.232. The molecule has 1 aliphatic heterocycles. The smallest absolute Gasteiger partial charge is 0.338 e. The largest absolute Gasteiger partial charge is 0.459 e. The van der Waals surface area contributed by atoms with E-state index in [1.54, 1.807) is 146 Å². The van der Waals surface area contributed by atoms with E-state index in [-0.39, 0.29) is 27.2 Å². The van der Waals surface area contributed by atoms with Gasteiger partial charge in [-0.2, -0.15) is 0 Å². The molecular weight excluding hydrogens is 683 g/mol. The second-order valence-corrected chi connectivity index (χ2v) is 12.0. The Balaban J connectivity index is 1.41. The van der Waals surface area contributed by atoms with E-state index >= 15 is 0 Å². The number of thiocarbonyl (C=S) groups is 1. The lowest BCUT2D eigenvalue weighted by Crippen LogP contribution is -2.66. The molecule has 262 valence electrons. The second-order valence-electron chi connectivity index (χ2n) is 11.6. The van der Waals surface area contributed by atoms with E-state index < -0.39 is 61.1 Å². The Morgan fingerprint density at radius 3 is 1.25 bits per heavy atom. The highest BCUT2D eigenvalue weighted by Gasteiger charge is 2.53. The normalized spacial score (nSPS) is 19.3. The lowest BCUT2D eigenvalue weighted by atomic mass is 9.96. The molecule has 6 rings (SSSR count). The lowest BCUT2D eigenvalue weighted by Gasteiger charge is -2.45. The first-order chi connectivity index (χ1) is 25.4. The monoisotopic (exact) mass is 715 g/mol. The standard InChI is InChI=1S/C41H33NO9S/c43-38(28-18-8-2-9-19-28)47-26-32-33(49-39(44)29-20-10-3-11-21-29)34(50-40(45)30-22-12-4-13-23-30)35(51-41(46)31-24-14-5-15-25-31)36(48-32)42-37(52)27-16-6-1-7-17-27/h1-25,32-36H,26H2,(H,42,52)/t32-,33-,34+,35-,36-/m1/s1. The molecular formula is C41H33NO9S. The molecule has 0 amide bonds. The van der Waals surface area contributed by atoms with Gasteiger partial charge in [0.2, 0.25) is 0 Å². The number of ether oxygens (including phenoxy) is 5. The van der Waals surface area contributed by atoms with Crippen molar-refractivity contribution in [1.29, 1.82) is 0 Å². The van der Waals surface area contributed by atoms with Gasteiger partial charge in [0.25, 0.3) is 0 Å². The van der Waals surface area contributed by atoms with Gasteiger partial charge < -0.3 is 29.0 Å². The highest BCUT2D eigenvalue weighted by Crippen LogP contribution is 2.31. The van der Waals surface area contributed by atoms with Gasteiger partial charge >= 0.3 is 23.9 Å². The summed E-state index contributed by atoms with van der Waals surface area (Å²) in [4.78, 5) is 54.4. The Labute approximate surface area is 305 Å². The molecule has 0 unspecified atom stereocenters. The zero-order valence-corrected chi connectivity index (χ0v) is 28.4. The zero-order chi connectivity index (χ0) is 36.3. The van der Waals surface area contributed by atoms with Gasteiger partial charge in [0.1, 0.15) is 17.7 Å². The number of carbonyl (C=O) groups excluding carboxylic acids is 4. The molecule has 5 aromatic carbocycles. The Morgan fingerprint density at radius 2 is 0.827 bits per heavy atom. The molecule has 0 aromatic heterocycles. The summed E-state index contributed by atoms with van der Waals surface area (Å²) in [7, 11) is 0. The van der Waals surface area contributed by atoms with Gasteiger partial charge in [-0.15, -0.1) is 0 Å². The summed E-state index contributed by atoms with van der Waals surface area (Å²) in [5.74, 6) is -3.02. The van der Waals surface area contributed by atoms with Gasteiger partial charge in [-0.05, 0) is 48.5 Å². The summed E-state index contributed by atoms with van der Waals surface area (Å²) in [6, 6.07) is 41.8. The molecule has 1 heterocycles. The van der Waals surface area contributed by atoms with E-state index in [0.29, 0.717) is 5.56 Å². The van der Waals surface area contributed by atoms with Crippen LogP contribution in [0.5, 0.6) is 0 Å². The highest BCUT2D eigenvalue weighted by molar-refractivity contribution is 7.80. The van der Waals surface area contributed by atoms with E-state index in [0.717, 1.165) is 0 Å². The number of carbonyl (C=O) groups is 4. The Hall–Kier alpha value is -6.17. The number of hydrogen-bond donors (Lipinski definition) is 1. The molecule has 1 N–H and O–H groups in total. The summed E-state index contributed by atoms with van der Waals surface area (Å²) in [5, 5.41) is 3.10. The van der Waals surface area contributed by atoms with Crippen molar-refractivity contribution in [3.63, 3.8) is 0 Å². The van der Waals surface area contributed by atoms with Crippen molar-refractivity contribution < 1.29 is 42.9 Å². The van der Waals surface area contributed by atoms with Crippen LogP contribution < -0.4 is 5.32 Å². The maximum Gasteiger partial charge on any atom is 0.338 e. The maximum atomic E-state index is 13.7. The quantitative estimate of drug-likeness (QED) is 0.0953. The molecule has 10 nitrogen and oxygen atoms in total. The van der Waals surface area contributed by atoms with Crippen molar-refractivity contribution in [2.24, 2.45) is 0 Å². The third-order valence-electron chi connectivity index (χ3n) is 8.09. The van der Waals surface area contributed by atoms with Gasteiger partial charge in [-0.3, -0.25) is 0 Å². The van der Waals surface area contributed by atoms with Crippen LogP contribution >= 0.6 is 12.2 Å². The SMILES string of the molecule is O=C(OC[C@H]1O[C@@H](NC(=S)c2ccccc2)[C@H](OC(=O)c2ccccc2)[C@@H](OC(=O)c2ccccc2)[C@@H]1OC(=O)c1ccccc1)c1ccccc1. The molecule has 1 saturated heterocycles. The zero-order valence-electron chi connectivity index (χ0n) is 27.6. The van der Waals surface area contributed by atoms with Crippen LogP contribution in [-0.2, 0) is 23.7 Å². The van der Waals surface area contributed by atoms with Crippen molar-refractivity contribution in [1.82, 2.24) is 5.32 Å². The van der Waals surface area contributed by atoms with E-state index in [2.05, 4.69) is 5.32 Å². The van der Waals surface area contributed by atoms with Crippen LogP contribution in [0.4, 0.5) is 0 Å². The first kappa shape index (κ1) is 35.6. The average Bonchev–Trinajstić information content (AvgIpc) is 3.20. The van der Waals surface area contributed by atoms with E-state index in [4.69, 9.17) is 35.9 Å². The summed E-state index contributed by atoms with van der Waals surface area (Å²) >= 11 is 5.73. The summed E-state index contributed by atoms with van der Waals surface area (Å²) in [6.45, 7) is -0.449. The molecule has 0 saturated carbocycles. The van der Waals surface area contributed by atoms with Gasteiger partial charge in [0, 0.05) is 5.56 Å². The van der Waals surface area contributed by atoms with Crippen molar-refractivity contribution in [3.05, 3.63) is 179 Å².